The van der Waals surface area contributed by atoms with Crippen molar-refractivity contribution < 1.29 is 9.53 Å². The summed E-state index contributed by atoms with van der Waals surface area (Å²) in [5.74, 6) is -0.264. The van der Waals surface area contributed by atoms with E-state index < -0.39 is 0 Å². The summed E-state index contributed by atoms with van der Waals surface area (Å²) in [5, 5.41) is 6.06. The number of nitrogens with one attached hydrogen (secondary N) is 1. The van der Waals surface area contributed by atoms with E-state index in [0.29, 0.717) is 0 Å². The standard InChI is InChI=1S/C10H16N2O2S/c1-7(8(13)14-4)12-10(2,3)9-11-5-6-15-9/h5-7,12H,1-4H3. The van der Waals surface area contributed by atoms with Gasteiger partial charge in [0.1, 0.15) is 11.0 Å². The first kappa shape index (κ1) is 12.1. The highest BCUT2D eigenvalue weighted by atomic mass is 32.1. The lowest BCUT2D eigenvalue weighted by Gasteiger charge is -2.26. The Morgan fingerprint density at radius 1 is 1.67 bits per heavy atom. The van der Waals surface area contributed by atoms with Crippen LogP contribution in [0.25, 0.3) is 0 Å². The van der Waals surface area contributed by atoms with Crippen molar-refractivity contribution in [3.63, 3.8) is 0 Å². The van der Waals surface area contributed by atoms with Crippen LogP contribution in [0.1, 0.15) is 25.8 Å². The molecule has 0 spiro atoms. The van der Waals surface area contributed by atoms with Crippen LogP contribution in [0, 0.1) is 0 Å². The summed E-state index contributed by atoms with van der Waals surface area (Å²) in [6.45, 7) is 5.76. The molecule has 1 unspecified atom stereocenters. The predicted molar refractivity (Wildman–Crippen MR) is 59.8 cm³/mol. The maximum absolute atomic E-state index is 11.3. The quantitative estimate of drug-likeness (QED) is 0.794. The number of aromatic nitrogens is 1. The number of thiazole rings is 1. The van der Waals surface area contributed by atoms with Gasteiger partial charge in [-0.25, -0.2) is 4.98 Å². The number of nitrogens with zero attached hydrogens (tertiary/aromatic N) is 1. The molecule has 1 rings (SSSR count). The molecule has 0 amide bonds. The third-order valence-electron chi connectivity index (χ3n) is 2.10. The number of hydrogen-bond acceptors (Lipinski definition) is 5. The zero-order valence-electron chi connectivity index (χ0n) is 9.40. The van der Waals surface area contributed by atoms with Gasteiger partial charge in [0.15, 0.2) is 0 Å². The second-order valence-electron chi connectivity index (χ2n) is 3.85. The van der Waals surface area contributed by atoms with E-state index in [1.165, 1.54) is 7.11 Å². The van der Waals surface area contributed by atoms with Gasteiger partial charge in [-0.05, 0) is 20.8 Å². The van der Waals surface area contributed by atoms with E-state index in [-0.39, 0.29) is 17.6 Å². The molecule has 0 fully saturated rings. The van der Waals surface area contributed by atoms with Crippen molar-refractivity contribution in [3.05, 3.63) is 16.6 Å². The van der Waals surface area contributed by atoms with E-state index in [1.807, 2.05) is 19.2 Å². The average Bonchev–Trinajstić information content (AvgIpc) is 2.69. The minimum absolute atomic E-state index is 0.264. The Kier molecular flexibility index (Phi) is 3.82. The fourth-order valence-electron chi connectivity index (χ4n) is 1.37. The van der Waals surface area contributed by atoms with Crippen LogP contribution < -0.4 is 5.32 Å². The summed E-state index contributed by atoms with van der Waals surface area (Å²) >= 11 is 1.57. The van der Waals surface area contributed by atoms with Crippen molar-refractivity contribution in [1.29, 1.82) is 0 Å². The highest BCUT2D eigenvalue weighted by molar-refractivity contribution is 7.09. The lowest BCUT2D eigenvalue weighted by Crippen LogP contribution is -2.46. The SMILES string of the molecule is COC(=O)C(C)NC(C)(C)c1nccs1. The van der Waals surface area contributed by atoms with E-state index in [1.54, 1.807) is 24.5 Å². The van der Waals surface area contributed by atoms with E-state index in [4.69, 9.17) is 0 Å². The lowest BCUT2D eigenvalue weighted by molar-refractivity contribution is -0.143. The van der Waals surface area contributed by atoms with E-state index in [0.717, 1.165) is 5.01 Å². The van der Waals surface area contributed by atoms with Gasteiger partial charge in [0, 0.05) is 11.6 Å². The van der Waals surface area contributed by atoms with Crippen LogP contribution in [0.15, 0.2) is 11.6 Å². The van der Waals surface area contributed by atoms with Crippen LogP contribution in [0.2, 0.25) is 0 Å². The summed E-state index contributed by atoms with van der Waals surface area (Å²) in [4.78, 5) is 15.5. The van der Waals surface area contributed by atoms with E-state index >= 15 is 0 Å². The second-order valence-corrected chi connectivity index (χ2v) is 4.75. The maximum Gasteiger partial charge on any atom is 0.322 e. The normalized spacial score (nSPS) is 13.6. The van der Waals surface area contributed by atoms with Crippen LogP contribution in [-0.2, 0) is 15.1 Å². The molecule has 1 heterocycles. The van der Waals surface area contributed by atoms with Crippen molar-refractivity contribution in [2.75, 3.05) is 7.11 Å². The summed E-state index contributed by atoms with van der Waals surface area (Å²) in [7, 11) is 1.39. The molecule has 0 aliphatic carbocycles. The lowest BCUT2D eigenvalue weighted by atomic mass is 10.1. The molecule has 0 bridgehead atoms. The molecule has 0 aliphatic heterocycles. The van der Waals surface area contributed by atoms with Gasteiger partial charge in [-0.1, -0.05) is 0 Å². The number of hydrogen-bond donors (Lipinski definition) is 1. The van der Waals surface area contributed by atoms with Gasteiger partial charge in [0.2, 0.25) is 0 Å². The number of esters is 1. The molecule has 0 aromatic carbocycles. The first-order valence-corrected chi connectivity index (χ1v) is 5.61. The third kappa shape index (κ3) is 3.00. The van der Waals surface area contributed by atoms with Crippen LogP contribution in [0.5, 0.6) is 0 Å². The van der Waals surface area contributed by atoms with Gasteiger partial charge in [-0.2, -0.15) is 0 Å². The maximum atomic E-state index is 11.3. The minimum Gasteiger partial charge on any atom is -0.468 e. The van der Waals surface area contributed by atoms with Crippen molar-refractivity contribution in [3.8, 4) is 0 Å². The van der Waals surface area contributed by atoms with E-state index in [9.17, 15) is 4.79 Å². The summed E-state index contributed by atoms with van der Waals surface area (Å²) < 4.78 is 4.66. The van der Waals surface area contributed by atoms with Gasteiger partial charge in [-0.15, -0.1) is 11.3 Å². The van der Waals surface area contributed by atoms with Crippen LogP contribution in [0.4, 0.5) is 0 Å². The van der Waals surface area contributed by atoms with Crippen molar-refractivity contribution in [1.82, 2.24) is 10.3 Å². The fraction of sp³-hybridized carbons (Fsp3) is 0.600. The molecule has 0 saturated carbocycles. The molecule has 1 aromatic heterocycles. The Morgan fingerprint density at radius 2 is 2.33 bits per heavy atom. The van der Waals surface area contributed by atoms with E-state index in [2.05, 4.69) is 15.0 Å². The molecule has 0 aliphatic rings. The molecular weight excluding hydrogens is 212 g/mol. The van der Waals surface area contributed by atoms with Crippen molar-refractivity contribution >= 4 is 17.3 Å². The van der Waals surface area contributed by atoms with Gasteiger partial charge in [0.05, 0.1) is 12.6 Å². The summed E-state index contributed by atoms with van der Waals surface area (Å²) in [6.07, 6.45) is 1.76. The topological polar surface area (TPSA) is 51.2 Å². The fourth-order valence-corrected chi connectivity index (χ4v) is 2.10. The Labute approximate surface area is 93.7 Å². The Hall–Kier alpha value is -0.940. The molecular formula is C10H16N2O2S. The smallest absolute Gasteiger partial charge is 0.322 e. The van der Waals surface area contributed by atoms with Crippen molar-refractivity contribution in [2.24, 2.45) is 0 Å². The number of rotatable bonds is 4. The van der Waals surface area contributed by atoms with Gasteiger partial charge >= 0.3 is 5.97 Å². The van der Waals surface area contributed by atoms with Gasteiger partial charge in [-0.3, -0.25) is 10.1 Å². The predicted octanol–water partition coefficient (Wildman–Crippen LogP) is 1.53. The zero-order chi connectivity index (χ0) is 11.5. The first-order valence-electron chi connectivity index (χ1n) is 4.73. The second kappa shape index (κ2) is 4.72. The highest BCUT2D eigenvalue weighted by Crippen LogP contribution is 2.22. The van der Waals surface area contributed by atoms with Crippen molar-refractivity contribution in [2.45, 2.75) is 32.4 Å². The number of ether oxygens (including phenoxy) is 1. The van der Waals surface area contributed by atoms with Crippen LogP contribution in [0.3, 0.4) is 0 Å². The molecule has 1 atom stereocenters. The Morgan fingerprint density at radius 3 is 2.80 bits per heavy atom. The minimum atomic E-state index is -0.339. The molecule has 0 saturated heterocycles. The summed E-state index contributed by atoms with van der Waals surface area (Å²) in [5.41, 5.74) is -0.318. The first-order chi connectivity index (χ1) is 6.97. The molecule has 84 valence electrons. The molecule has 5 heteroatoms. The number of carbonyl (C=O) groups excluding carboxylic acids is 1. The molecule has 4 nitrogen and oxygen atoms in total. The largest absolute Gasteiger partial charge is 0.468 e. The molecule has 1 aromatic rings. The average molecular weight is 228 g/mol. The molecule has 15 heavy (non-hydrogen) atoms. The van der Waals surface area contributed by atoms with Gasteiger partial charge in [0.25, 0.3) is 0 Å². The molecule has 1 N–H and O–H groups in total. The Bertz CT molecular complexity index is 322. The Balaban J connectivity index is 2.68. The summed E-state index contributed by atoms with van der Waals surface area (Å²) in [6, 6.07) is -0.339. The number of methoxy groups -OCH3 is 1. The number of carbonyl (C=O) groups is 1. The van der Waals surface area contributed by atoms with Crippen LogP contribution in [-0.4, -0.2) is 24.1 Å². The van der Waals surface area contributed by atoms with Gasteiger partial charge < -0.3 is 4.74 Å². The molecule has 0 radical (unpaired) electrons. The monoisotopic (exact) mass is 228 g/mol. The third-order valence-corrected chi connectivity index (χ3v) is 3.20. The highest BCUT2D eigenvalue weighted by Gasteiger charge is 2.27. The van der Waals surface area contributed by atoms with Crippen LogP contribution >= 0.6 is 11.3 Å². The zero-order valence-corrected chi connectivity index (χ0v) is 10.2.